The number of anilines is 1. The number of aliphatic hydroxyl groups excluding tert-OH is 3. The van der Waals surface area contributed by atoms with Crippen molar-refractivity contribution in [3.8, 4) is 0 Å². The van der Waals surface area contributed by atoms with Gasteiger partial charge < -0.3 is 25.4 Å². The van der Waals surface area contributed by atoms with Crippen molar-refractivity contribution in [3.63, 3.8) is 0 Å². The number of carbonyl (C=O) groups is 1. The highest BCUT2D eigenvalue weighted by Gasteiger charge is 2.43. The third-order valence-corrected chi connectivity index (χ3v) is 6.15. The van der Waals surface area contributed by atoms with Gasteiger partial charge in [0.25, 0.3) is 0 Å². The van der Waals surface area contributed by atoms with Crippen molar-refractivity contribution < 1.29 is 24.9 Å². The van der Waals surface area contributed by atoms with Gasteiger partial charge in [-0.25, -0.2) is 4.79 Å². The Hall–Kier alpha value is -1.81. The van der Waals surface area contributed by atoms with Crippen molar-refractivity contribution in [3.05, 3.63) is 22.7 Å². The minimum atomic E-state index is -1.37. The number of carbonyl (C=O) groups excluding carboxylic acids is 1. The molecule has 188 valence electrons. The Morgan fingerprint density at radius 3 is 2.09 bits per heavy atom. The minimum absolute atomic E-state index is 0.131. The Balaban J connectivity index is 1.61. The highest BCUT2D eigenvalue weighted by atomic mass is 16.6. The Bertz CT molecular complexity index is 756. The van der Waals surface area contributed by atoms with E-state index >= 15 is 0 Å². The maximum Gasteiger partial charge on any atom is 0.351 e. The molecule has 2 heterocycles. The molecule has 1 aliphatic rings. The number of hydrogen-bond donors (Lipinski definition) is 4. The van der Waals surface area contributed by atoms with Crippen LogP contribution in [0.3, 0.4) is 0 Å². The number of amides is 1. The number of rotatable bonds is 16. The number of unbranched alkanes of at least 4 members (excludes halogenated alkanes) is 11. The average molecular weight is 468 g/mol. The molecule has 0 spiro atoms. The van der Waals surface area contributed by atoms with Crippen LogP contribution < -0.4 is 11.0 Å². The van der Waals surface area contributed by atoms with Crippen molar-refractivity contribution >= 4 is 11.7 Å². The summed E-state index contributed by atoms with van der Waals surface area (Å²) in [5, 5.41) is 31.7. The van der Waals surface area contributed by atoms with Crippen molar-refractivity contribution in [2.45, 2.75) is 115 Å². The second kappa shape index (κ2) is 15.2. The first-order valence-electron chi connectivity index (χ1n) is 12.5. The number of nitrogens with one attached hydrogen (secondary N) is 1. The van der Waals surface area contributed by atoms with Gasteiger partial charge in [-0.1, -0.05) is 77.6 Å². The quantitative estimate of drug-likeness (QED) is 0.275. The van der Waals surface area contributed by atoms with Gasteiger partial charge >= 0.3 is 5.69 Å². The summed E-state index contributed by atoms with van der Waals surface area (Å²) in [5.74, 6) is -0.0634. The van der Waals surface area contributed by atoms with Gasteiger partial charge in [0.15, 0.2) is 6.23 Å². The Kier molecular flexibility index (Phi) is 12.6. The first-order valence-corrected chi connectivity index (χ1v) is 12.5. The van der Waals surface area contributed by atoms with Gasteiger partial charge in [0.1, 0.15) is 24.1 Å². The van der Waals surface area contributed by atoms with E-state index in [1.54, 1.807) is 0 Å². The van der Waals surface area contributed by atoms with E-state index in [0.717, 1.165) is 23.8 Å². The summed E-state index contributed by atoms with van der Waals surface area (Å²) in [6.07, 6.45) is 11.6. The van der Waals surface area contributed by atoms with Gasteiger partial charge in [0, 0.05) is 12.6 Å². The summed E-state index contributed by atoms with van der Waals surface area (Å²) >= 11 is 0. The number of hydrogen-bond acceptors (Lipinski definition) is 7. The molecule has 33 heavy (non-hydrogen) atoms. The first-order chi connectivity index (χ1) is 16.0. The largest absolute Gasteiger partial charge is 0.394 e. The molecule has 1 aliphatic heterocycles. The maximum atomic E-state index is 12.3. The molecule has 9 nitrogen and oxygen atoms in total. The first kappa shape index (κ1) is 27.4. The molecule has 0 radical (unpaired) electrons. The van der Waals surface area contributed by atoms with Gasteiger partial charge in [-0.05, 0) is 12.5 Å². The molecule has 4 atom stereocenters. The molecule has 0 aliphatic carbocycles. The van der Waals surface area contributed by atoms with Crippen LogP contribution in [0, 0.1) is 0 Å². The van der Waals surface area contributed by atoms with E-state index in [9.17, 15) is 24.9 Å². The lowest BCUT2D eigenvalue weighted by molar-refractivity contribution is -0.116. The molecule has 0 saturated carbocycles. The molecule has 9 heteroatoms. The summed E-state index contributed by atoms with van der Waals surface area (Å²) in [6, 6.07) is 1.44. The molecule has 0 bridgehead atoms. The molecular formula is C24H41N3O6. The van der Waals surface area contributed by atoms with Gasteiger partial charge in [0.05, 0.1) is 6.61 Å². The molecule has 0 aromatic carbocycles. The fraction of sp³-hybridized carbons (Fsp3) is 0.792. The van der Waals surface area contributed by atoms with Crippen LogP contribution in [0.25, 0.3) is 0 Å². The van der Waals surface area contributed by atoms with Crippen LogP contribution in [0.5, 0.6) is 0 Å². The van der Waals surface area contributed by atoms with Gasteiger partial charge in [-0.2, -0.15) is 4.98 Å². The van der Waals surface area contributed by atoms with Crippen LogP contribution in [0.4, 0.5) is 5.82 Å². The zero-order valence-electron chi connectivity index (χ0n) is 19.8. The predicted octanol–water partition coefficient (Wildman–Crippen LogP) is 2.88. The standard InChI is InChI=1S/C24H41N3O6/c1-2-3-4-5-6-7-8-9-10-11-12-13-14-20(29)25-19-15-16-27(24(32)26-19)23-22(31)21(30)18(17-28)33-23/h15-16,18,21-23,28,30-31H,2-14,17H2,1H3,(H,25,26,29,32)/t18-,21-,22+,23-/m1/s1. The predicted molar refractivity (Wildman–Crippen MR) is 126 cm³/mol. The summed E-state index contributed by atoms with van der Waals surface area (Å²) in [7, 11) is 0. The lowest BCUT2D eigenvalue weighted by Crippen LogP contribution is -2.36. The second-order valence-corrected chi connectivity index (χ2v) is 8.92. The minimum Gasteiger partial charge on any atom is -0.394 e. The zero-order chi connectivity index (χ0) is 24.1. The lowest BCUT2D eigenvalue weighted by atomic mass is 10.0. The second-order valence-electron chi connectivity index (χ2n) is 8.92. The fourth-order valence-electron chi connectivity index (χ4n) is 4.12. The highest BCUT2D eigenvalue weighted by Crippen LogP contribution is 2.28. The summed E-state index contributed by atoms with van der Waals surface area (Å²) in [4.78, 5) is 28.3. The van der Waals surface area contributed by atoms with E-state index < -0.39 is 36.8 Å². The number of aromatic nitrogens is 2. The summed E-state index contributed by atoms with van der Waals surface area (Å²) in [6.45, 7) is 1.75. The van der Waals surface area contributed by atoms with E-state index in [0.29, 0.717) is 6.42 Å². The maximum absolute atomic E-state index is 12.3. The van der Waals surface area contributed by atoms with Gasteiger partial charge in [0.2, 0.25) is 5.91 Å². The summed E-state index contributed by atoms with van der Waals surface area (Å²) < 4.78 is 6.37. The number of ether oxygens (including phenoxy) is 1. The van der Waals surface area contributed by atoms with E-state index in [-0.39, 0.29) is 11.7 Å². The fourth-order valence-corrected chi connectivity index (χ4v) is 4.12. The van der Waals surface area contributed by atoms with Crippen molar-refractivity contribution in [1.82, 2.24) is 9.55 Å². The lowest BCUT2D eigenvalue weighted by Gasteiger charge is -2.17. The van der Waals surface area contributed by atoms with Crippen molar-refractivity contribution in [1.29, 1.82) is 0 Å². The molecule has 1 aromatic heterocycles. The Morgan fingerprint density at radius 2 is 1.58 bits per heavy atom. The molecule has 4 N–H and O–H groups in total. The Morgan fingerprint density at radius 1 is 1.00 bits per heavy atom. The van der Waals surface area contributed by atoms with Gasteiger partial charge in [-0.15, -0.1) is 0 Å². The van der Waals surface area contributed by atoms with E-state index in [1.807, 2.05) is 0 Å². The summed E-state index contributed by atoms with van der Waals surface area (Å²) in [5.41, 5.74) is -0.729. The third kappa shape index (κ3) is 9.16. The van der Waals surface area contributed by atoms with Crippen LogP contribution in [0.15, 0.2) is 17.1 Å². The SMILES string of the molecule is CCCCCCCCCCCCCCC(=O)Nc1ccn([C@@H]2O[C@H](CO)[C@@H](O)[C@@H]2O)c(=O)n1. The molecular weight excluding hydrogens is 426 g/mol. The third-order valence-electron chi connectivity index (χ3n) is 6.15. The molecule has 2 rings (SSSR count). The normalized spacial score (nSPS) is 22.5. The molecule has 0 unspecified atom stereocenters. The van der Waals surface area contributed by atoms with Crippen LogP contribution in [0.1, 0.15) is 96.6 Å². The van der Waals surface area contributed by atoms with Crippen molar-refractivity contribution in [2.24, 2.45) is 0 Å². The monoisotopic (exact) mass is 467 g/mol. The van der Waals surface area contributed by atoms with Gasteiger partial charge in [-0.3, -0.25) is 9.36 Å². The van der Waals surface area contributed by atoms with E-state index in [4.69, 9.17) is 4.74 Å². The van der Waals surface area contributed by atoms with Crippen LogP contribution in [-0.2, 0) is 9.53 Å². The topological polar surface area (TPSA) is 134 Å². The molecule has 1 aromatic rings. The average Bonchev–Trinajstić information content (AvgIpc) is 3.08. The smallest absolute Gasteiger partial charge is 0.351 e. The number of aliphatic hydroxyl groups is 3. The zero-order valence-corrected chi connectivity index (χ0v) is 19.8. The van der Waals surface area contributed by atoms with E-state index in [1.165, 1.54) is 70.1 Å². The molecule has 1 fully saturated rings. The van der Waals surface area contributed by atoms with Crippen molar-refractivity contribution in [2.75, 3.05) is 11.9 Å². The van der Waals surface area contributed by atoms with Crippen LogP contribution in [0.2, 0.25) is 0 Å². The Labute approximate surface area is 196 Å². The van der Waals surface area contributed by atoms with Crippen LogP contribution in [-0.4, -0.2) is 55.7 Å². The highest BCUT2D eigenvalue weighted by molar-refractivity contribution is 5.89. The molecule has 1 amide bonds. The molecule has 1 saturated heterocycles. The number of nitrogens with zero attached hydrogens (tertiary/aromatic N) is 2. The van der Waals surface area contributed by atoms with Crippen LogP contribution >= 0.6 is 0 Å². The van der Waals surface area contributed by atoms with E-state index in [2.05, 4.69) is 17.2 Å².